The zero-order valence-corrected chi connectivity index (χ0v) is 13.3. The molecule has 0 heterocycles. The van der Waals surface area contributed by atoms with E-state index in [2.05, 4.69) is 27.3 Å². The van der Waals surface area contributed by atoms with Crippen LogP contribution in [0.5, 0.6) is 5.75 Å². The van der Waals surface area contributed by atoms with Gasteiger partial charge in [0.15, 0.2) is 0 Å². The third kappa shape index (κ3) is 4.20. The largest absolute Gasteiger partial charge is 0.496 e. The van der Waals surface area contributed by atoms with Gasteiger partial charge in [0.2, 0.25) is 0 Å². The van der Waals surface area contributed by atoms with Crippen molar-refractivity contribution in [2.75, 3.05) is 33.9 Å². The molecule has 1 fully saturated rings. The molecule has 1 aromatic rings. The number of benzene rings is 1. The van der Waals surface area contributed by atoms with Gasteiger partial charge in [0.05, 0.1) is 13.7 Å². The lowest BCUT2D eigenvalue weighted by Crippen LogP contribution is -2.28. The van der Waals surface area contributed by atoms with E-state index >= 15 is 0 Å². The van der Waals surface area contributed by atoms with Crippen LogP contribution in [0.4, 0.5) is 0 Å². The minimum atomic E-state index is 0.418. The quantitative estimate of drug-likeness (QED) is 0.744. The molecule has 0 spiro atoms. The molecule has 0 radical (unpaired) electrons. The highest BCUT2D eigenvalue weighted by molar-refractivity contribution is 9.10. The third-order valence-electron chi connectivity index (χ3n) is 3.75. The molecular weight excluding hydrogens is 306 g/mol. The fourth-order valence-electron chi connectivity index (χ4n) is 2.41. The average molecular weight is 328 g/mol. The first-order valence-corrected chi connectivity index (χ1v) is 7.50. The van der Waals surface area contributed by atoms with Gasteiger partial charge in [0.1, 0.15) is 5.75 Å². The van der Waals surface area contributed by atoms with Crippen LogP contribution in [0.1, 0.15) is 18.4 Å². The van der Waals surface area contributed by atoms with E-state index in [4.69, 9.17) is 9.47 Å². The second kappa shape index (κ2) is 6.73. The topological polar surface area (TPSA) is 30.5 Å². The van der Waals surface area contributed by atoms with E-state index < -0.39 is 0 Å². The van der Waals surface area contributed by atoms with Crippen LogP contribution in [0.25, 0.3) is 0 Å². The summed E-state index contributed by atoms with van der Waals surface area (Å²) in [4.78, 5) is 0. The number of hydrogen-bond donors (Lipinski definition) is 1. The fourth-order valence-corrected chi connectivity index (χ4v) is 2.82. The van der Waals surface area contributed by atoms with Crippen molar-refractivity contribution in [2.24, 2.45) is 5.41 Å². The van der Waals surface area contributed by atoms with E-state index in [1.165, 1.54) is 18.4 Å². The Balaban J connectivity index is 1.94. The molecule has 0 bridgehead atoms. The van der Waals surface area contributed by atoms with E-state index in [-0.39, 0.29) is 0 Å². The number of hydrogen-bond acceptors (Lipinski definition) is 3. The minimum absolute atomic E-state index is 0.418. The van der Waals surface area contributed by atoms with Gasteiger partial charge in [-0.05, 0) is 48.4 Å². The van der Waals surface area contributed by atoms with E-state index in [0.717, 1.165) is 36.3 Å². The molecule has 2 rings (SSSR count). The van der Waals surface area contributed by atoms with Crippen LogP contribution in [0.3, 0.4) is 0 Å². The van der Waals surface area contributed by atoms with Crippen LogP contribution in [-0.4, -0.2) is 33.9 Å². The zero-order chi connectivity index (χ0) is 13.7. The maximum atomic E-state index is 5.46. The van der Waals surface area contributed by atoms with Crippen molar-refractivity contribution in [3.05, 3.63) is 28.2 Å². The van der Waals surface area contributed by atoms with Crippen molar-refractivity contribution in [3.8, 4) is 5.75 Å². The Morgan fingerprint density at radius 1 is 1.32 bits per heavy atom. The molecule has 1 aliphatic carbocycles. The Kier molecular flexibility index (Phi) is 5.25. The Labute approximate surface area is 123 Å². The molecule has 1 N–H and O–H groups in total. The minimum Gasteiger partial charge on any atom is -0.496 e. The first-order valence-electron chi connectivity index (χ1n) is 6.71. The summed E-state index contributed by atoms with van der Waals surface area (Å²) >= 11 is 3.54. The standard InChI is InChI=1S/C15H22BrNO2/c1-18-8-7-17-11-15(5-6-15)10-12-9-13(16)3-4-14(12)19-2/h3-4,9,17H,5-8,10-11H2,1-2H3. The maximum absolute atomic E-state index is 5.46. The monoisotopic (exact) mass is 327 g/mol. The zero-order valence-electron chi connectivity index (χ0n) is 11.7. The van der Waals surface area contributed by atoms with Crippen molar-refractivity contribution in [1.82, 2.24) is 5.32 Å². The van der Waals surface area contributed by atoms with E-state index in [9.17, 15) is 0 Å². The summed E-state index contributed by atoms with van der Waals surface area (Å²) in [6, 6.07) is 6.24. The Bertz CT molecular complexity index is 419. The molecule has 0 saturated heterocycles. The van der Waals surface area contributed by atoms with Crippen molar-refractivity contribution >= 4 is 15.9 Å². The van der Waals surface area contributed by atoms with Crippen LogP contribution in [0, 0.1) is 5.41 Å². The lowest BCUT2D eigenvalue weighted by molar-refractivity contribution is 0.197. The maximum Gasteiger partial charge on any atom is 0.122 e. The molecule has 106 valence electrons. The van der Waals surface area contributed by atoms with E-state index in [1.807, 2.05) is 12.1 Å². The summed E-state index contributed by atoms with van der Waals surface area (Å²) in [5.41, 5.74) is 1.71. The van der Waals surface area contributed by atoms with Gasteiger partial charge in [-0.2, -0.15) is 0 Å². The SMILES string of the molecule is COCCNCC1(Cc2cc(Br)ccc2OC)CC1. The molecular formula is C15H22BrNO2. The molecule has 0 unspecified atom stereocenters. The summed E-state index contributed by atoms with van der Waals surface area (Å²) in [6.45, 7) is 2.76. The molecule has 1 aliphatic rings. The summed E-state index contributed by atoms with van der Waals surface area (Å²) in [7, 11) is 3.48. The summed E-state index contributed by atoms with van der Waals surface area (Å²) in [6.07, 6.45) is 3.67. The van der Waals surface area contributed by atoms with E-state index in [0.29, 0.717) is 5.41 Å². The smallest absolute Gasteiger partial charge is 0.122 e. The lowest BCUT2D eigenvalue weighted by atomic mass is 9.95. The van der Waals surface area contributed by atoms with Crippen molar-refractivity contribution < 1.29 is 9.47 Å². The van der Waals surface area contributed by atoms with Crippen LogP contribution < -0.4 is 10.1 Å². The molecule has 0 aromatic heterocycles. The predicted octanol–water partition coefficient (Wildman–Crippen LogP) is 3.02. The number of methoxy groups -OCH3 is 2. The number of ether oxygens (including phenoxy) is 2. The first-order chi connectivity index (χ1) is 9.19. The Morgan fingerprint density at radius 3 is 2.74 bits per heavy atom. The molecule has 0 atom stereocenters. The Hall–Kier alpha value is -0.580. The van der Waals surface area contributed by atoms with Gasteiger partial charge in [-0.25, -0.2) is 0 Å². The fraction of sp³-hybridized carbons (Fsp3) is 0.600. The van der Waals surface area contributed by atoms with Crippen molar-refractivity contribution in [2.45, 2.75) is 19.3 Å². The summed E-state index contributed by atoms with van der Waals surface area (Å²) in [5.74, 6) is 0.992. The molecule has 1 saturated carbocycles. The Morgan fingerprint density at radius 2 is 2.11 bits per heavy atom. The van der Waals surface area contributed by atoms with Crippen molar-refractivity contribution in [3.63, 3.8) is 0 Å². The van der Waals surface area contributed by atoms with Crippen molar-refractivity contribution in [1.29, 1.82) is 0 Å². The van der Waals surface area contributed by atoms with Gasteiger partial charge >= 0.3 is 0 Å². The van der Waals surface area contributed by atoms with Crippen LogP contribution >= 0.6 is 15.9 Å². The highest BCUT2D eigenvalue weighted by Gasteiger charge is 2.42. The molecule has 0 amide bonds. The second-order valence-electron chi connectivity index (χ2n) is 5.30. The van der Waals surface area contributed by atoms with Crippen LogP contribution in [0.15, 0.2) is 22.7 Å². The molecule has 1 aromatic carbocycles. The predicted molar refractivity (Wildman–Crippen MR) is 80.8 cm³/mol. The lowest BCUT2D eigenvalue weighted by Gasteiger charge is -2.18. The van der Waals surface area contributed by atoms with Gasteiger partial charge in [0, 0.05) is 24.7 Å². The number of nitrogens with one attached hydrogen (secondary N) is 1. The second-order valence-corrected chi connectivity index (χ2v) is 6.22. The normalized spacial score (nSPS) is 16.4. The average Bonchev–Trinajstić information content (AvgIpc) is 3.15. The third-order valence-corrected chi connectivity index (χ3v) is 4.24. The summed E-state index contributed by atoms with van der Waals surface area (Å²) in [5, 5.41) is 3.48. The number of rotatable bonds is 8. The van der Waals surface area contributed by atoms with Crippen LogP contribution in [-0.2, 0) is 11.2 Å². The highest BCUT2D eigenvalue weighted by atomic mass is 79.9. The first kappa shape index (κ1) is 14.8. The van der Waals surface area contributed by atoms with E-state index in [1.54, 1.807) is 14.2 Å². The summed E-state index contributed by atoms with van der Waals surface area (Å²) < 4.78 is 11.6. The molecule has 0 aliphatic heterocycles. The van der Waals surface area contributed by atoms with Gasteiger partial charge in [-0.3, -0.25) is 0 Å². The van der Waals surface area contributed by atoms with Gasteiger partial charge in [0.25, 0.3) is 0 Å². The van der Waals surface area contributed by atoms with Gasteiger partial charge in [-0.15, -0.1) is 0 Å². The molecule has 4 heteroatoms. The number of halogens is 1. The molecule has 3 nitrogen and oxygen atoms in total. The highest BCUT2D eigenvalue weighted by Crippen LogP contribution is 2.49. The van der Waals surface area contributed by atoms with Gasteiger partial charge in [-0.1, -0.05) is 15.9 Å². The van der Waals surface area contributed by atoms with Crippen LogP contribution in [0.2, 0.25) is 0 Å². The molecule has 19 heavy (non-hydrogen) atoms. The van der Waals surface area contributed by atoms with Gasteiger partial charge < -0.3 is 14.8 Å².